The molecule has 1 amide bonds. The third-order valence-corrected chi connectivity index (χ3v) is 4.16. The summed E-state index contributed by atoms with van der Waals surface area (Å²) in [6.45, 7) is 2.27. The van der Waals surface area contributed by atoms with Crippen molar-refractivity contribution in [3.63, 3.8) is 0 Å². The van der Waals surface area contributed by atoms with Crippen molar-refractivity contribution in [1.29, 1.82) is 0 Å². The van der Waals surface area contributed by atoms with E-state index in [4.69, 9.17) is 15.2 Å². The summed E-state index contributed by atoms with van der Waals surface area (Å²) in [6.07, 6.45) is 5.34. The van der Waals surface area contributed by atoms with Crippen molar-refractivity contribution in [2.24, 2.45) is 5.73 Å². The van der Waals surface area contributed by atoms with Crippen LogP contribution in [0.25, 0.3) is 5.65 Å². The first kappa shape index (κ1) is 18.7. The van der Waals surface area contributed by atoms with Crippen molar-refractivity contribution in [3.8, 4) is 11.5 Å². The molecule has 0 saturated carbocycles. The summed E-state index contributed by atoms with van der Waals surface area (Å²) in [6, 6.07) is 10.5. The molecule has 0 saturated heterocycles. The molecule has 1 atom stereocenters. The Balaban J connectivity index is 1.72. The molecule has 0 aliphatic carbocycles. The molecular formula is C20H24N4O3. The monoisotopic (exact) mass is 368 g/mol. The van der Waals surface area contributed by atoms with Gasteiger partial charge in [-0.15, -0.1) is 0 Å². The number of ether oxygens (including phenoxy) is 2. The number of benzene rings is 1. The molecule has 3 N–H and O–H groups in total. The maximum atomic E-state index is 12.1. The van der Waals surface area contributed by atoms with Gasteiger partial charge in [-0.25, -0.2) is 4.98 Å². The molecule has 2 aromatic heterocycles. The Bertz CT molecular complexity index is 889. The number of nitrogens with two attached hydrogens (primary N) is 1. The second-order valence-electron chi connectivity index (χ2n) is 6.24. The summed E-state index contributed by atoms with van der Waals surface area (Å²) in [5.41, 5.74) is 8.12. The van der Waals surface area contributed by atoms with E-state index >= 15 is 0 Å². The third kappa shape index (κ3) is 4.57. The second-order valence-corrected chi connectivity index (χ2v) is 6.24. The molecule has 0 fully saturated rings. The molecule has 0 spiro atoms. The van der Waals surface area contributed by atoms with E-state index in [9.17, 15) is 4.79 Å². The number of hydrogen-bond acceptors (Lipinski definition) is 5. The van der Waals surface area contributed by atoms with Gasteiger partial charge >= 0.3 is 0 Å². The molecule has 3 aromatic rings. The van der Waals surface area contributed by atoms with Gasteiger partial charge in [-0.2, -0.15) is 0 Å². The van der Waals surface area contributed by atoms with E-state index in [0.29, 0.717) is 23.6 Å². The van der Waals surface area contributed by atoms with Crippen LogP contribution in [0.4, 0.5) is 5.69 Å². The number of pyridine rings is 1. The van der Waals surface area contributed by atoms with Crippen LogP contribution < -0.4 is 20.5 Å². The standard InChI is InChI=1S/C20H24N4O3/c1-3-6-16(21)20(25)23-14-8-9-17(26-2)18(11-14)27-13-15-12-24-10-5-4-7-19(24)22-15/h4-5,7-12,16H,3,6,13,21H2,1-2H3,(H,23,25). The Morgan fingerprint density at radius 3 is 2.89 bits per heavy atom. The molecule has 7 heteroatoms. The van der Waals surface area contributed by atoms with Crippen LogP contribution in [0.3, 0.4) is 0 Å². The van der Waals surface area contributed by atoms with Gasteiger partial charge in [-0.05, 0) is 30.7 Å². The molecule has 142 valence electrons. The van der Waals surface area contributed by atoms with E-state index in [-0.39, 0.29) is 12.5 Å². The first-order valence-corrected chi connectivity index (χ1v) is 8.90. The van der Waals surface area contributed by atoms with Gasteiger partial charge in [0, 0.05) is 24.1 Å². The fraction of sp³-hybridized carbons (Fsp3) is 0.300. The van der Waals surface area contributed by atoms with Crippen LogP contribution in [0, 0.1) is 0 Å². The highest BCUT2D eigenvalue weighted by Crippen LogP contribution is 2.31. The Kier molecular flexibility index (Phi) is 5.93. The number of nitrogens with zero attached hydrogens (tertiary/aromatic N) is 2. The van der Waals surface area contributed by atoms with Gasteiger partial charge in [-0.1, -0.05) is 19.4 Å². The minimum Gasteiger partial charge on any atom is -0.493 e. The van der Waals surface area contributed by atoms with Gasteiger partial charge in [-0.3, -0.25) is 4.79 Å². The maximum Gasteiger partial charge on any atom is 0.241 e. The predicted molar refractivity (Wildman–Crippen MR) is 104 cm³/mol. The highest BCUT2D eigenvalue weighted by molar-refractivity contribution is 5.94. The molecule has 3 rings (SSSR count). The highest BCUT2D eigenvalue weighted by atomic mass is 16.5. The molecule has 1 unspecified atom stereocenters. The number of imidazole rings is 1. The van der Waals surface area contributed by atoms with Crippen LogP contribution in [0.15, 0.2) is 48.8 Å². The lowest BCUT2D eigenvalue weighted by Gasteiger charge is -2.14. The second kappa shape index (κ2) is 8.55. The summed E-state index contributed by atoms with van der Waals surface area (Å²) in [5.74, 6) is 0.888. The Hall–Kier alpha value is -3.06. The van der Waals surface area contributed by atoms with E-state index in [2.05, 4.69) is 10.3 Å². The quantitative estimate of drug-likeness (QED) is 0.638. The summed E-state index contributed by atoms with van der Waals surface area (Å²) in [5, 5.41) is 2.82. The van der Waals surface area contributed by atoms with Crippen LogP contribution in [0.2, 0.25) is 0 Å². The number of methoxy groups -OCH3 is 1. The number of carbonyl (C=O) groups is 1. The largest absolute Gasteiger partial charge is 0.493 e. The minimum atomic E-state index is -0.528. The first-order valence-electron chi connectivity index (χ1n) is 8.90. The van der Waals surface area contributed by atoms with Crippen LogP contribution in [-0.4, -0.2) is 28.4 Å². The van der Waals surface area contributed by atoms with Crippen molar-refractivity contribution in [2.45, 2.75) is 32.4 Å². The van der Waals surface area contributed by atoms with Gasteiger partial charge in [0.25, 0.3) is 0 Å². The summed E-state index contributed by atoms with van der Waals surface area (Å²) < 4.78 is 13.2. The zero-order valence-corrected chi connectivity index (χ0v) is 15.5. The molecule has 0 aliphatic rings. The van der Waals surface area contributed by atoms with Crippen molar-refractivity contribution in [2.75, 3.05) is 12.4 Å². The van der Waals surface area contributed by atoms with Crippen LogP contribution in [0.5, 0.6) is 11.5 Å². The Morgan fingerprint density at radius 2 is 2.15 bits per heavy atom. The molecule has 0 bridgehead atoms. The zero-order valence-electron chi connectivity index (χ0n) is 15.5. The number of carbonyl (C=O) groups excluding carboxylic acids is 1. The summed E-state index contributed by atoms with van der Waals surface area (Å²) in [7, 11) is 1.57. The van der Waals surface area contributed by atoms with E-state index in [0.717, 1.165) is 17.8 Å². The minimum absolute atomic E-state index is 0.215. The van der Waals surface area contributed by atoms with Crippen LogP contribution in [0.1, 0.15) is 25.5 Å². The van der Waals surface area contributed by atoms with Gasteiger partial charge in [0.1, 0.15) is 12.3 Å². The van der Waals surface area contributed by atoms with Crippen molar-refractivity contribution >= 4 is 17.2 Å². The Labute approximate surface area is 158 Å². The van der Waals surface area contributed by atoms with Gasteiger partial charge in [0.15, 0.2) is 11.5 Å². The summed E-state index contributed by atoms with van der Waals surface area (Å²) in [4.78, 5) is 16.6. The number of nitrogens with one attached hydrogen (secondary N) is 1. The molecule has 27 heavy (non-hydrogen) atoms. The topological polar surface area (TPSA) is 90.9 Å². The number of fused-ring (bicyclic) bond motifs is 1. The average molecular weight is 368 g/mol. The third-order valence-electron chi connectivity index (χ3n) is 4.16. The van der Waals surface area contributed by atoms with Crippen LogP contribution >= 0.6 is 0 Å². The molecule has 7 nitrogen and oxygen atoms in total. The van der Waals surface area contributed by atoms with Crippen molar-refractivity contribution < 1.29 is 14.3 Å². The average Bonchev–Trinajstić information content (AvgIpc) is 3.09. The number of anilines is 1. The number of amides is 1. The van der Waals surface area contributed by atoms with Crippen molar-refractivity contribution in [3.05, 3.63) is 54.5 Å². The van der Waals surface area contributed by atoms with E-state index in [1.807, 2.05) is 41.9 Å². The number of aromatic nitrogens is 2. The fourth-order valence-corrected chi connectivity index (χ4v) is 2.75. The van der Waals surface area contributed by atoms with Gasteiger partial charge in [0.2, 0.25) is 5.91 Å². The van der Waals surface area contributed by atoms with Crippen LogP contribution in [-0.2, 0) is 11.4 Å². The van der Waals surface area contributed by atoms with Gasteiger partial charge in [0.05, 0.1) is 18.8 Å². The van der Waals surface area contributed by atoms with Crippen molar-refractivity contribution in [1.82, 2.24) is 9.38 Å². The SMILES string of the molecule is CCCC(N)C(=O)Nc1ccc(OC)c(OCc2cn3ccccc3n2)c1. The van der Waals surface area contributed by atoms with E-state index in [1.54, 1.807) is 25.3 Å². The molecule has 1 aromatic carbocycles. The highest BCUT2D eigenvalue weighted by Gasteiger charge is 2.14. The molecule has 0 radical (unpaired) electrons. The van der Waals surface area contributed by atoms with E-state index in [1.165, 1.54) is 0 Å². The molecule has 2 heterocycles. The maximum absolute atomic E-state index is 12.1. The first-order chi connectivity index (χ1) is 13.1. The number of hydrogen-bond donors (Lipinski definition) is 2. The fourth-order valence-electron chi connectivity index (χ4n) is 2.75. The lowest BCUT2D eigenvalue weighted by Crippen LogP contribution is -2.35. The van der Waals surface area contributed by atoms with E-state index < -0.39 is 6.04 Å². The normalized spacial score (nSPS) is 12.0. The Morgan fingerprint density at radius 1 is 1.30 bits per heavy atom. The lowest BCUT2D eigenvalue weighted by atomic mass is 10.1. The van der Waals surface area contributed by atoms with Gasteiger partial charge < -0.3 is 24.9 Å². The number of rotatable bonds is 8. The summed E-state index contributed by atoms with van der Waals surface area (Å²) >= 11 is 0. The molecule has 0 aliphatic heterocycles. The lowest BCUT2D eigenvalue weighted by molar-refractivity contribution is -0.117. The molecular weight excluding hydrogens is 344 g/mol. The zero-order chi connectivity index (χ0) is 19.2. The predicted octanol–water partition coefficient (Wildman–Crippen LogP) is 2.99. The smallest absolute Gasteiger partial charge is 0.241 e.